The van der Waals surface area contributed by atoms with E-state index < -0.39 is 12.6 Å². The molecule has 2 aliphatic heterocycles. The Morgan fingerprint density at radius 2 is 1.86 bits per heavy atom. The van der Waals surface area contributed by atoms with Crippen molar-refractivity contribution in [1.29, 1.82) is 0 Å². The molecule has 0 aliphatic carbocycles. The minimum atomic E-state index is -4.72. The minimum absolute atomic E-state index is 0.0184. The van der Waals surface area contributed by atoms with Gasteiger partial charge in [0.2, 0.25) is 5.91 Å². The van der Waals surface area contributed by atoms with Crippen molar-refractivity contribution in [2.45, 2.75) is 19.0 Å². The van der Waals surface area contributed by atoms with Gasteiger partial charge in [0, 0.05) is 24.4 Å². The highest BCUT2D eigenvalue weighted by Crippen LogP contribution is 2.36. The van der Waals surface area contributed by atoms with Gasteiger partial charge < -0.3 is 19.6 Å². The molecule has 148 valence electrons. The molecule has 2 N–H and O–H groups in total. The molecule has 9 heteroatoms. The van der Waals surface area contributed by atoms with Crippen molar-refractivity contribution in [1.82, 2.24) is 10.8 Å². The van der Waals surface area contributed by atoms with Crippen LogP contribution >= 0.6 is 0 Å². The number of halogens is 3. The van der Waals surface area contributed by atoms with Gasteiger partial charge in [-0.3, -0.25) is 4.79 Å². The Hall–Kier alpha value is -2.78. The normalized spacial score (nSPS) is 21.2. The highest BCUT2D eigenvalue weighted by molar-refractivity contribution is 5.78. The van der Waals surface area contributed by atoms with Crippen molar-refractivity contribution >= 4 is 5.91 Å². The second kappa shape index (κ2) is 7.33. The molecule has 2 aliphatic rings. The topological polar surface area (TPSA) is 68.8 Å². The molecular formula is C19H17F3N2O4. The smallest absolute Gasteiger partial charge is 0.406 e. The minimum Gasteiger partial charge on any atom is -0.406 e. The molecule has 2 unspecified atom stereocenters. The third kappa shape index (κ3) is 4.20. The first kappa shape index (κ1) is 18.6. The Labute approximate surface area is 158 Å². The van der Waals surface area contributed by atoms with E-state index in [1.165, 1.54) is 12.1 Å². The van der Waals surface area contributed by atoms with Crippen molar-refractivity contribution in [3.8, 4) is 22.6 Å². The molecule has 2 atom stereocenters. The van der Waals surface area contributed by atoms with Crippen molar-refractivity contribution in [2.24, 2.45) is 5.92 Å². The summed E-state index contributed by atoms with van der Waals surface area (Å²) < 4.78 is 46.6. The third-order valence-corrected chi connectivity index (χ3v) is 4.55. The van der Waals surface area contributed by atoms with Crippen LogP contribution in [0.1, 0.15) is 18.2 Å². The number of hydrogen-bond acceptors (Lipinski definition) is 5. The van der Waals surface area contributed by atoms with E-state index in [9.17, 15) is 18.0 Å². The molecular weight excluding hydrogens is 377 g/mol. The molecule has 0 radical (unpaired) electrons. The summed E-state index contributed by atoms with van der Waals surface area (Å²) in [4.78, 5) is 16.7. The van der Waals surface area contributed by atoms with E-state index in [-0.39, 0.29) is 17.6 Å². The number of hydrogen-bond donors (Lipinski definition) is 2. The lowest BCUT2D eigenvalue weighted by Crippen LogP contribution is -2.23. The van der Waals surface area contributed by atoms with Crippen LogP contribution in [-0.2, 0) is 9.53 Å². The van der Waals surface area contributed by atoms with Gasteiger partial charge in [-0.15, -0.1) is 18.7 Å². The van der Waals surface area contributed by atoms with Gasteiger partial charge in [0.1, 0.15) is 5.75 Å². The summed E-state index contributed by atoms with van der Waals surface area (Å²) in [5, 5.41) is 2.76. The van der Waals surface area contributed by atoms with Crippen LogP contribution in [0.2, 0.25) is 0 Å². The summed E-state index contributed by atoms with van der Waals surface area (Å²) in [7, 11) is 0. The Balaban J connectivity index is 1.46. The SMILES string of the molecule is O=C1CC(COC2NOc3ccc(-c4ccc(OC(F)(F)F)cc4)cc32)CN1. The average molecular weight is 394 g/mol. The van der Waals surface area contributed by atoms with Crippen LogP contribution in [0.25, 0.3) is 11.1 Å². The van der Waals surface area contributed by atoms with Crippen LogP contribution in [0, 0.1) is 5.92 Å². The van der Waals surface area contributed by atoms with Crippen molar-refractivity contribution in [3.63, 3.8) is 0 Å². The van der Waals surface area contributed by atoms with Crippen LogP contribution in [0.4, 0.5) is 13.2 Å². The number of ether oxygens (including phenoxy) is 2. The molecule has 0 aromatic heterocycles. The van der Waals surface area contributed by atoms with E-state index in [1.54, 1.807) is 18.2 Å². The van der Waals surface area contributed by atoms with E-state index in [0.717, 1.165) is 16.7 Å². The maximum absolute atomic E-state index is 12.3. The van der Waals surface area contributed by atoms with Gasteiger partial charge >= 0.3 is 6.36 Å². The number of carbonyl (C=O) groups excluding carboxylic acids is 1. The molecule has 2 heterocycles. The predicted molar refractivity (Wildman–Crippen MR) is 92.1 cm³/mol. The molecule has 0 bridgehead atoms. The van der Waals surface area contributed by atoms with Gasteiger partial charge in [-0.2, -0.15) is 0 Å². The predicted octanol–water partition coefficient (Wildman–Crippen LogP) is 3.30. The molecule has 1 fully saturated rings. The summed E-state index contributed by atoms with van der Waals surface area (Å²) in [6.07, 6.45) is -4.77. The summed E-state index contributed by atoms with van der Waals surface area (Å²) in [6.45, 7) is 0.985. The maximum Gasteiger partial charge on any atom is 0.573 e. The number of nitrogens with one attached hydrogen (secondary N) is 2. The zero-order chi connectivity index (χ0) is 19.7. The fourth-order valence-electron chi connectivity index (χ4n) is 3.19. The fourth-order valence-corrected chi connectivity index (χ4v) is 3.19. The monoisotopic (exact) mass is 394 g/mol. The summed E-state index contributed by atoms with van der Waals surface area (Å²) >= 11 is 0. The van der Waals surface area contributed by atoms with Gasteiger partial charge in [-0.25, -0.2) is 0 Å². The molecule has 2 aromatic rings. The Bertz CT molecular complexity index is 870. The molecule has 0 spiro atoms. The van der Waals surface area contributed by atoms with E-state index in [1.807, 2.05) is 12.1 Å². The van der Waals surface area contributed by atoms with E-state index in [4.69, 9.17) is 9.57 Å². The summed E-state index contributed by atoms with van der Waals surface area (Å²) in [6, 6.07) is 11.1. The number of carbonyl (C=O) groups is 1. The second-order valence-electron chi connectivity index (χ2n) is 6.63. The van der Waals surface area contributed by atoms with E-state index in [2.05, 4.69) is 15.5 Å². The lowest BCUT2D eigenvalue weighted by Gasteiger charge is -2.14. The van der Waals surface area contributed by atoms with Crippen LogP contribution < -0.4 is 20.4 Å². The quantitative estimate of drug-likeness (QED) is 0.815. The Morgan fingerprint density at radius 3 is 2.54 bits per heavy atom. The largest absolute Gasteiger partial charge is 0.573 e. The fraction of sp³-hybridized carbons (Fsp3) is 0.316. The van der Waals surface area contributed by atoms with Crippen LogP contribution in [0.5, 0.6) is 11.5 Å². The van der Waals surface area contributed by atoms with Crippen molar-refractivity contribution in [2.75, 3.05) is 13.2 Å². The first-order valence-corrected chi connectivity index (χ1v) is 8.68. The van der Waals surface area contributed by atoms with Crippen LogP contribution in [0.15, 0.2) is 42.5 Å². The first-order valence-electron chi connectivity index (χ1n) is 8.68. The zero-order valence-corrected chi connectivity index (χ0v) is 14.6. The Kier molecular flexibility index (Phi) is 4.86. The van der Waals surface area contributed by atoms with Crippen molar-refractivity contribution < 1.29 is 32.3 Å². The number of amides is 1. The summed E-state index contributed by atoms with van der Waals surface area (Å²) in [5.41, 5.74) is 5.11. The zero-order valence-electron chi connectivity index (χ0n) is 14.6. The number of benzene rings is 2. The van der Waals surface area contributed by atoms with Crippen LogP contribution in [0.3, 0.4) is 0 Å². The highest BCUT2D eigenvalue weighted by Gasteiger charge is 2.31. The maximum atomic E-state index is 12.3. The number of fused-ring (bicyclic) bond motifs is 1. The van der Waals surface area contributed by atoms with Crippen LogP contribution in [-0.4, -0.2) is 25.4 Å². The second-order valence-corrected chi connectivity index (χ2v) is 6.63. The molecule has 6 nitrogen and oxygen atoms in total. The number of hydroxylamine groups is 1. The van der Waals surface area contributed by atoms with E-state index >= 15 is 0 Å². The average Bonchev–Trinajstić information content (AvgIpc) is 3.24. The van der Waals surface area contributed by atoms with Crippen molar-refractivity contribution in [3.05, 3.63) is 48.0 Å². The van der Waals surface area contributed by atoms with Gasteiger partial charge in [0.25, 0.3) is 0 Å². The lowest BCUT2D eigenvalue weighted by molar-refractivity contribution is -0.274. The van der Waals surface area contributed by atoms with Gasteiger partial charge in [-0.1, -0.05) is 18.2 Å². The third-order valence-electron chi connectivity index (χ3n) is 4.55. The van der Waals surface area contributed by atoms with Gasteiger partial charge in [0.05, 0.1) is 6.61 Å². The molecule has 4 rings (SSSR count). The first-order chi connectivity index (χ1) is 13.4. The number of alkyl halides is 3. The van der Waals surface area contributed by atoms with Gasteiger partial charge in [0.15, 0.2) is 12.0 Å². The summed E-state index contributed by atoms with van der Waals surface area (Å²) in [5.74, 6) is 0.474. The molecule has 2 aromatic carbocycles. The number of rotatable bonds is 5. The van der Waals surface area contributed by atoms with E-state index in [0.29, 0.717) is 25.3 Å². The lowest BCUT2D eigenvalue weighted by atomic mass is 10.0. The molecule has 28 heavy (non-hydrogen) atoms. The molecule has 1 saturated heterocycles. The molecule has 0 saturated carbocycles. The van der Waals surface area contributed by atoms with Gasteiger partial charge in [-0.05, 0) is 35.4 Å². The molecule has 1 amide bonds. The highest BCUT2D eigenvalue weighted by atomic mass is 19.4. The Morgan fingerprint density at radius 1 is 1.11 bits per heavy atom. The standard InChI is InChI=1S/C19H17F3N2O4/c20-19(21,22)27-14-4-1-12(2-5-14)13-3-6-16-15(8-13)18(24-28-16)26-10-11-7-17(25)23-9-11/h1-6,8,11,18,24H,7,9-10H2,(H,23,25).